The van der Waals surface area contributed by atoms with Gasteiger partial charge in [-0.3, -0.25) is 43.3 Å². The number of allylic oxidation sites excluding steroid dienone is 3. The Bertz CT molecular complexity index is 1680. The molecule has 1 aromatic carbocycles. The summed E-state index contributed by atoms with van der Waals surface area (Å²) in [5.41, 5.74) is 6.69. The molecule has 2 rings (SSSR count). The Labute approximate surface area is 338 Å². The Hall–Kier alpha value is -6.11. The zero-order valence-corrected chi connectivity index (χ0v) is 33.6. The smallest absolute Gasteiger partial charge is 0.246 e. The van der Waals surface area contributed by atoms with Gasteiger partial charge >= 0.3 is 0 Å². The third-order valence-corrected chi connectivity index (χ3v) is 8.61. The first-order valence-corrected chi connectivity index (χ1v) is 19.1. The number of aliphatic imine (C=N–C) groups is 1. The third-order valence-electron chi connectivity index (χ3n) is 8.61. The van der Waals surface area contributed by atoms with E-state index in [2.05, 4.69) is 42.2 Å². The van der Waals surface area contributed by atoms with Gasteiger partial charge in [-0.25, -0.2) is 0 Å². The molecule has 1 heterocycles. The predicted molar refractivity (Wildman–Crippen MR) is 216 cm³/mol. The SMILES string of the molecule is C/C(O)=C/C(C)N=CCN/C(C)=C/C(=O)CCCNCC(=O)NCC(=O)NCC(=O)NCC(=O)N[C@H](Cc1ccccc1)C(=O)N1CCC[C@H]1C(=O)N[C@@H](C)C(N)=O. The number of ketones is 1. The summed E-state index contributed by atoms with van der Waals surface area (Å²) >= 11 is 0. The molecule has 1 aromatic rings. The van der Waals surface area contributed by atoms with Crippen LogP contribution in [0, 0.1) is 0 Å². The Morgan fingerprint density at radius 1 is 0.879 bits per heavy atom. The summed E-state index contributed by atoms with van der Waals surface area (Å²) < 4.78 is 0. The van der Waals surface area contributed by atoms with Gasteiger partial charge in [-0.05, 0) is 71.2 Å². The molecule has 318 valence electrons. The van der Waals surface area contributed by atoms with Crippen molar-refractivity contribution in [1.82, 2.24) is 42.1 Å². The molecule has 0 aromatic heterocycles. The number of rotatable bonds is 25. The first-order valence-electron chi connectivity index (χ1n) is 19.1. The maximum atomic E-state index is 13.7. The Kier molecular flexibility index (Phi) is 21.5. The van der Waals surface area contributed by atoms with Crippen molar-refractivity contribution in [1.29, 1.82) is 0 Å². The molecule has 7 amide bonds. The van der Waals surface area contributed by atoms with E-state index in [4.69, 9.17) is 5.73 Å². The van der Waals surface area contributed by atoms with Crippen LogP contribution in [-0.4, -0.2) is 133 Å². The molecule has 0 spiro atoms. The zero-order valence-electron chi connectivity index (χ0n) is 33.6. The zero-order chi connectivity index (χ0) is 43.0. The highest BCUT2D eigenvalue weighted by Crippen LogP contribution is 2.20. The van der Waals surface area contributed by atoms with E-state index in [9.17, 15) is 43.5 Å². The second-order valence-electron chi connectivity index (χ2n) is 13.8. The van der Waals surface area contributed by atoms with Gasteiger partial charge in [0.05, 0.1) is 38.0 Å². The van der Waals surface area contributed by atoms with E-state index >= 15 is 0 Å². The van der Waals surface area contributed by atoms with Crippen molar-refractivity contribution in [3.63, 3.8) is 0 Å². The lowest BCUT2D eigenvalue weighted by molar-refractivity contribution is -0.142. The molecule has 58 heavy (non-hydrogen) atoms. The molecule has 19 heteroatoms. The second-order valence-corrected chi connectivity index (χ2v) is 13.8. The lowest BCUT2D eigenvalue weighted by atomic mass is 10.0. The number of nitrogens with one attached hydrogen (secondary N) is 7. The minimum Gasteiger partial charge on any atom is -0.513 e. The first kappa shape index (κ1) is 48.0. The molecule has 1 aliphatic heterocycles. The average Bonchev–Trinajstić information content (AvgIpc) is 3.67. The quantitative estimate of drug-likeness (QED) is 0.0235. The predicted octanol–water partition coefficient (Wildman–Crippen LogP) is -1.60. The van der Waals surface area contributed by atoms with Crippen LogP contribution in [0.25, 0.3) is 0 Å². The van der Waals surface area contributed by atoms with Gasteiger partial charge in [0.25, 0.3) is 0 Å². The fraction of sp³-hybridized carbons (Fsp3) is 0.513. The number of likely N-dealkylation sites (tertiary alicyclic amines) is 1. The van der Waals surface area contributed by atoms with Crippen LogP contribution in [0.4, 0.5) is 0 Å². The van der Waals surface area contributed by atoms with Gasteiger partial charge in [0.2, 0.25) is 41.4 Å². The maximum absolute atomic E-state index is 13.7. The number of aliphatic hydroxyl groups excluding tert-OH is 1. The summed E-state index contributed by atoms with van der Waals surface area (Å²) in [5.74, 6) is -4.13. The van der Waals surface area contributed by atoms with Crippen LogP contribution in [0.5, 0.6) is 0 Å². The van der Waals surface area contributed by atoms with Gasteiger partial charge in [0, 0.05) is 37.8 Å². The number of benzene rings is 1. The third kappa shape index (κ3) is 19.7. The lowest BCUT2D eigenvalue weighted by Crippen LogP contribution is -2.56. The number of nitrogens with two attached hydrogens (primary N) is 1. The van der Waals surface area contributed by atoms with Gasteiger partial charge in [-0.15, -0.1) is 0 Å². The lowest BCUT2D eigenvalue weighted by Gasteiger charge is -2.29. The summed E-state index contributed by atoms with van der Waals surface area (Å²) in [5, 5.41) is 27.5. The van der Waals surface area contributed by atoms with E-state index in [1.165, 1.54) is 17.9 Å². The van der Waals surface area contributed by atoms with Crippen LogP contribution in [0.2, 0.25) is 0 Å². The number of carbonyl (C=O) groups is 8. The second kappa shape index (κ2) is 25.9. The van der Waals surface area contributed by atoms with Gasteiger partial charge < -0.3 is 53.0 Å². The molecular formula is C39H58N10O9. The summed E-state index contributed by atoms with van der Waals surface area (Å²) in [7, 11) is 0. The van der Waals surface area contributed by atoms with Gasteiger partial charge in [-0.1, -0.05) is 30.3 Å². The number of aliphatic hydroxyl groups is 1. The number of nitrogens with zero attached hydrogens (tertiary/aromatic N) is 2. The average molecular weight is 811 g/mol. The van der Waals surface area contributed by atoms with Crippen LogP contribution >= 0.6 is 0 Å². The molecule has 1 unspecified atom stereocenters. The first-order chi connectivity index (χ1) is 27.5. The van der Waals surface area contributed by atoms with Crippen molar-refractivity contribution in [3.05, 3.63) is 59.5 Å². The number of hydrogen-bond acceptors (Lipinski definition) is 12. The molecular weight excluding hydrogens is 752 g/mol. The highest BCUT2D eigenvalue weighted by atomic mass is 16.3. The molecule has 0 radical (unpaired) electrons. The molecule has 1 fully saturated rings. The molecule has 0 aliphatic carbocycles. The van der Waals surface area contributed by atoms with Crippen molar-refractivity contribution in [2.75, 3.05) is 45.8 Å². The highest BCUT2D eigenvalue weighted by Gasteiger charge is 2.38. The van der Waals surface area contributed by atoms with Crippen molar-refractivity contribution in [2.45, 2.75) is 84.0 Å². The molecule has 0 bridgehead atoms. The van der Waals surface area contributed by atoms with Crippen molar-refractivity contribution >= 4 is 53.3 Å². The van der Waals surface area contributed by atoms with E-state index in [-0.39, 0.29) is 43.5 Å². The topological polar surface area (TPSA) is 283 Å². The van der Waals surface area contributed by atoms with E-state index in [0.29, 0.717) is 38.0 Å². The van der Waals surface area contributed by atoms with Gasteiger partial charge in [0.15, 0.2) is 5.78 Å². The summed E-state index contributed by atoms with van der Waals surface area (Å²) in [6, 6.07) is 5.90. The molecule has 4 atom stereocenters. The van der Waals surface area contributed by atoms with E-state index < -0.39 is 79.1 Å². The van der Waals surface area contributed by atoms with E-state index in [1.54, 1.807) is 56.5 Å². The van der Waals surface area contributed by atoms with E-state index in [1.807, 2.05) is 6.92 Å². The maximum Gasteiger partial charge on any atom is 0.246 e. The fourth-order valence-corrected chi connectivity index (χ4v) is 5.68. The van der Waals surface area contributed by atoms with Crippen LogP contribution in [-0.2, 0) is 44.8 Å². The standard InChI is InChI=1S/C39H58N10O9/c1-25(18-27(3)50)42-15-16-43-26(2)19-30(51)12-8-14-41-21-33(52)44-22-34(53)45-23-35(54)46-24-36(55)48-31(20-29-10-6-5-7-11-29)39(58)49-17-9-13-32(49)38(57)47-28(4)37(40)56/h5-7,10-11,15,18-19,25,28,31-32,41,43,50H,8-9,12-14,16-17,20-24H2,1-4H3,(H2,40,56)(H,44,52)(H,45,53)(H,46,54)(H,47,57)(H,48,55)/b26-19+,27-18-,42-15?/t25?,28-,31+,32-/m0/s1. The number of amides is 7. The van der Waals surface area contributed by atoms with Crippen LogP contribution < -0.4 is 43.0 Å². The van der Waals surface area contributed by atoms with Crippen LogP contribution in [0.3, 0.4) is 0 Å². The molecule has 1 saturated heterocycles. The minimum atomic E-state index is -1.07. The minimum absolute atomic E-state index is 0.0859. The summed E-state index contributed by atoms with van der Waals surface area (Å²) in [4.78, 5) is 105. The fourth-order valence-electron chi connectivity index (χ4n) is 5.68. The molecule has 1 aliphatic rings. The number of carbonyl (C=O) groups excluding carboxylic acids is 8. The van der Waals surface area contributed by atoms with Crippen molar-refractivity contribution < 1.29 is 43.5 Å². The highest BCUT2D eigenvalue weighted by molar-refractivity contribution is 5.95. The normalized spacial score (nSPS) is 15.8. The van der Waals surface area contributed by atoms with Gasteiger partial charge in [-0.2, -0.15) is 0 Å². The number of hydrogen-bond donors (Lipinski definition) is 9. The van der Waals surface area contributed by atoms with Crippen LogP contribution in [0.1, 0.15) is 58.9 Å². The van der Waals surface area contributed by atoms with Crippen molar-refractivity contribution in [2.24, 2.45) is 10.7 Å². The molecule has 19 nitrogen and oxygen atoms in total. The largest absolute Gasteiger partial charge is 0.513 e. The van der Waals surface area contributed by atoms with Crippen molar-refractivity contribution in [3.8, 4) is 0 Å². The van der Waals surface area contributed by atoms with Crippen LogP contribution in [0.15, 0.2) is 58.9 Å². The Morgan fingerprint density at radius 2 is 1.50 bits per heavy atom. The number of primary amides is 1. The molecule has 10 N–H and O–H groups in total. The Morgan fingerprint density at radius 3 is 2.12 bits per heavy atom. The van der Waals surface area contributed by atoms with Gasteiger partial charge in [0.1, 0.15) is 18.1 Å². The monoisotopic (exact) mass is 810 g/mol. The summed E-state index contributed by atoms with van der Waals surface area (Å²) in [6.07, 6.45) is 6.52. The summed E-state index contributed by atoms with van der Waals surface area (Å²) in [6.45, 7) is 6.21. The Balaban J connectivity index is 1.70. The molecule has 0 saturated carbocycles. The van der Waals surface area contributed by atoms with E-state index in [0.717, 1.165) is 5.56 Å².